The summed E-state index contributed by atoms with van der Waals surface area (Å²) in [7, 11) is 3.72. The fourth-order valence-corrected chi connectivity index (χ4v) is 2.79. The largest absolute Gasteiger partial charge is 0.496 e. The molecule has 0 bridgehead atoms. The zero-order chi connectivity index (χ0) is 13.7. The highest BCUT2D eigenvalue weighted by Crippen LogP contribution is 2.20. The number of ether oxygens (including phenoxy) is 1. The Morgan fingerprint density at radius 3 is 2.74 bits per heavy atom. The van der Waals surface area contributed by atoms with Crippen molar-refractivity contribution in [3.05, 3.63) is 45.9 Å². The molecule has 102 valence electrons. The van der Waals surface area contributed by atoms with Gasteiger partial charge in [-0.2, -0.15) is 0 Å². The van der Waals surface area contributed by atoms with E-state index in [0.29, 0.717) is 6.04 Å². The van der Waals surface area contributed by atoms with E-state index in [1.54, 1.807) is 18.4 Å². The third-order valence-electron chi connectivity index (χ3n) is 3.19. The Balaban J connectivity index is 2.06. The molecule has 2 rings (SSSR count). The highest BCUT2D eigenvalue weighted by molar-refractivity contribution is 7.09. The summed E-state index contributed by atoms with van der Waals surface area (Å²) in [6.07, 6.45) is 1.88. The van der Waals surface area contributed by atoms with Gasteiger partial charge in [-0.05, 0) is 32.0 Å². The van der Waals surface area contributed by atoms with E-state index in [-0.39, 0.29) is 0 Å². The zero-order valence-electron chi connectivity index (χ0n) is 11.6. The summed E-state index contributed by atoms with van der Waals surface area (Å²) in [6.45, 7) is 2.04. The van der Waals surface area contributed by atoms with Crippen molar-refractivity contribution in [3.8, 4) is 5.75 Å². The van der Waals surface area contributed by atoms with Crippen LogP contribution in [0.2, 0.25) is 0 Å². The van der Waals surface area contributed by atoms with Crippen LogP contribution in [-0.2, 0) is 12.8 Å². The average Bonchev–Trinajstić information content (AvgIpc) is 2.84. The van der Waals surface area contributed by atoms with Gasteiger partial charge in [0.1, 0.15) is 5.75 Å². The number of para-hydroxylation sites is 1. The molecule has 0 amide bonds. The summed E-state index contributed by atoms with van der Waals surface area (Å²) in [5.41, 5.74) is 2.40. The summed E-state index contributed by atoms with van der Waals surface area (Å²) in [4.78, 5) is 4.53. The summed E-state index contributed by atoms with van der Waals surface area (Å²) >= 11 is 1.71. The maximum absolute atomic E-state index is 5.40. The molecule has 19 heavy (non-hydrogen) atoms. The second-order valence-electron chi connectivity index (χ2n) is 4.56. The number of methoxy groups -OCH3 is 1. The van der Waals surface area contributed by atoms with Crippen molar-refractivity contribution in [2.45, 2.75) is 25.8 Å². The monoisotopic (exact) mass is 276 g/mol. The molecule has 0 fully saturated rings. The smallest absolute Gasteiger partial charge is 0.122 e. The number of thiazole rings is 1. The predicted molar refractivity (Wildman–Crippen MR) is 80.1 cm³/mol. The van der Waals surface area contributed by atoms with Crippen LogP contribution in [0.4, 0.5) is 0 Å². The first-order chi connectivity index (χ1) is 9.22. The van der Waals surface area contributed by atoms with Crippen LogP contribution in [0.15, 0.2) is 29.6 Å². The van der Waals surface area contributed by atoms with Gasteiger partial charge in [-0.25, -0.2) is 4.98 Å². The standard InChI is InChI=1S/C15H20N2OS/c1-11-17-14(10-19-11)9-13(16-2)8-12-6-4-5-7-15(12)18-3/h4-7,10,13,16H,8-9H2,1-3H3. The Bertz CT molecular complexity index is 524. The van der Waals surface area contributed by atoms with Crippen molar-refractivity contribution < 1.29 is 4.74 Å². The lowest BCUT2D eigenvalue weighted by molar-refractivity contribution is 0.405. The molecule has 0 aliphatic carbocycles. The van der Waals surface area contributed by atoms with E-state index in [9.17, 15) is 0 Å². The number of aromatic nitrogens is 1. The van der Waals surface area contributed by atoms with Gasteiger partial charge in [0.2, 0.25) is 0 Å². The highest BCUT2D eigenvalue weighted by atomic mass is 32.1. The van der Waals surface area contributed by atoms with Gasteiger partial charge in [0, 0.05) is 17.8 Å². The number of aryl methyl sites for hydroxylation is 1. The zero-order valence-corrected chi connectivity index (χ0v) is 12.5. The number of rotatable bonds is 6. The summed E-state index contributed by atoms with van der Waals surface area (Å²) in [5, 5.41) is 6.64. The van der Waals surface area contributed by atoms with Gasteiger partial charge >= 0.3 is 0 Å². The van der Waals surface area contributed by atoms with Gasteiger partial charge in [-0.1, -0.05) is 18.2 Å². The molecule has 0 spiro atoms. The molecule has 0 aliphatic rings. The van der Waals surface area contributed by atoms with E-state index in [1.165, 1.54) is 5.56 Å². The molecule has 1 atom stereocenters. The lowest BCUT2D eigenvalue weighted by Gasteiger charge is -2.17. The first-order valence-electron chi connectivity index (χ1n) is 6.43. The molecule has 1 heterocycles. The number of likely N-dealkylation sites (N-methyl/N-ethyl adjacent to an activating group) is 1. The molecule has 1 unspecified atom stereocenters. The van der Waals surface area contributed by atoms with Crippen LogP contribution in [-0.4, -0.2) is 25.2 Å². The molecular formula is C15H20N2OS. The van der Waals surface area contributed by atoms with Gasteiger partial charge in [0.25, 0.3) is 0 Å². The number of hydrogen-bond donors (Lipinski definition) is 1. The average molecular weight is 276 g/mol. The van der Waals surface area contributed by atoms with Crippen LogP contribution in [0.5, 0.6) is 5.75 Å². The molecule has 0 saturated heterocycles. The summed E-state index contributed by atoms with van der Waals surface area (Å²) in [5.74, 6) is 0.956. The number of nitrogens with zero attached hydrogens (tertiary/aromatic N) is 1. The first kappa shape index (κ1) is 14.0. The second-order valence-corrected chi connectivity index (χ2v) is 5.63. The van der Waals surface area contributed by atoms with Crippen LogP contribution in [0, 0.1) is 6.92 Å². The first-order valence-corrected chi connectivity index (χ1v) is 7.31. The fraction of sp³-hybridized carbons (Fsp3) is 0.400. The molecule has 4 heteroatoms. The van der Waals surface area contributed by atoms with Crippen molar-refractivity contribution in [1.82, 2.24) is 10.3 Å². The van der Waals surface area contributed by atoms with E-state index in [1.807, 2.05) is 26.1 Å². The van der Waals surface area contributed by atoms with Gasteiger partial charge in [-0.3, -0.25) is 0 Å². The Hall–Kier alpha value is -1.39. The van der Waals surface area contributed by atoms with Gasteiger partial charge in [0.05, 0.1) is 17.8 Å². The highest BCUT2D eigenvalue weighted by Gasteiger charge is 2.12. The maximum atomic E-state index is 5.40. The lowest BCUT2D eigenvalue weighted by Crippen LogP contribution is -2.30. The van der Waals surface area contributed by atoms with Crippen LogP contribution >= 0.6 is 11.3 Å². The molecule has 0 saturated carbocycles. The number of nitrogens with one attached hydrogen (secondary N) is 1. The molecule has 3 nitrogen and oxygen atoms in total. The van der Waals surface area contributed by atoms with Gasteiger partial charge in [-0.15, -0.1) is 11.3 Å². The SMILES string of the molecule is CNC(Cc1csc(C)n1)Cc1ccccc1OC. The molecule has 0 aliphatic heterocycles. The summed E-state index contributed by atoms with van der Waals surface area (Å²) in [6, 6.07) is 8.56. The van der Waals surface area contributed by atoms with E-state index in [2.05, 4.69) is 27.8 Å². The molecule has 0 radical (unpaired) electrons. The number of hydrogen-bond acceptors (Lipinski definition) is 4. The molecule has 1 aromatic carbocycles. The number of benzene rings is 1. The quantitative estimate of drug-likeness (QED) is 0.881. The summed E-state index contributed by atoms with van der Waals surface area (Å²) < 4.78 is 5.40. The predicted octanol–water partition coefficient (Wildman–Crippen LogP) is 2.83. The van der Waals surface area contributed by atoms with Crippen molar-refractivity contribution in [2.24, 2.45) is 0 Å². The minimum Gasteiger partial charge on any atom is -0.496 e. The van der Waals surface area contributed by atoms with E-state index in [0.717, 1.165) is 29.3 Å². The minimum absolute atomic E-state index is 0.373. The van der Waals surface area contributed by atoms with E-state index in [4.69, 9.17) is 4.74 Å². The fourth-order valence-electron chi connectivity index (χ4n) is 2.17. The lowest BCUT2D eigenvalue weighted by atomic mass is 10.0. The van der Waals surface area contributed by atoms with Crippen LogP contribution in [0.25, 0.3) is 0 Å². The van der Waals surface area contributed by atoms with Crippen molar-refractivity contribution in [3.63, 3.8) is 0 Å². The topological polar surface area (TPSA) is 34.2 Å². The second kappa shape index (κ2) is 6.68. The van der Waals surface area contributed by atoms with Crippen LogP contribution in [0.1, 0.15) is 16.3 Å². The third-order valence-corrected chi connectivity index (χ3v) is 4.01. The normalized spacial score (nSPS) is 12.4. The van der Waals surface area contributed by atoms with Crippen molar-refractivity contribution >= 4 is 11.3 Å². The Kier molecular flexibility index (Phi) is 4.93. The Morgan fingerprint density at radius 1 is 1.32 bits per heavy atom. The molecule has 1 N–H and O–H groups in total. The minimum atomic E-state index is 0.373. The molecule has 2 aromatic rings. The third kappa shape index (κ3) is 3.78. The Morgan fingerprint density at radius 2 is 2.11 bits per heavy atom. The van der Waals surface area contributed by atoms with Gasteiger partial charge in [0.15, 0.2) is 0 Å². The van der Waals surface area contributed by atoms with E-state index < -0.39 is 0 Å². The van der Waals surface area contributed by atoms with Crippen molar-refractivity contribution in [1.29, 1.82) is 0 Å². The van der Waals surface area contributed by atoms with Crippen LogP contribution < -0.4 is 10.1 Å². The maximum Gasteiger partial charge on any atom is 0.122 e. The molecule has 1 aromatic heterocycles. The van der Waals surface area contributed by atoms with Crippen LogP contribution in [0.3, 0.4) is 0 Å². The Labute approximate surface area is 118 Å². The van der Waals surface area contributed by atoms with E-state index >= 15 is 0 Å². The molecular weight excluding hydrogens is 256 g/mol. The van der Waals surface area contributed by atoms with Gasteiger partial charge < -0.3 is 10.1 Å². The van der Waals surface area contributed by atoms with Crippen molar-refractivity contribution in [2.75, 3.05) is 14.2 Å².